The summed E-state index contributed by atoms with van der Waals surface area (Å²) in [7, 11) is 0. The fourth-order valence-electron chi connectivity index (χ4n) is 3.25. The number of benzene rings is 2. The van der Waals surface area contributed by atoms with Crippen molar-refractivity contribution in [3.8, 4) is 11.3 Å². The van der Waals surface area contributed by atoms with Crippen LogP contribution in [0.2, 0.25) is 0 Å². The average molecular weight is 404 g/mol. The Bertz CT molecular complexity index is 1210. The highest BCUT2D eigenvalue weighted by Gasteiger charge is 2.19. The van der Waals surface area contributed by atoms with Gasteiger partial charge < -0.3 is 9.84 Å². The van der Waals surface area contributed by atoms with Crippen LogP contribution in [0, 0.1) is 26.6 Å². The van der Waals surface area contributed by atoms with Crippen molar-refractivity contribution >= 4 is 11.6 Å². The SMILES string of the molecule is Cc1ccc(-c2cc(C(=O)Nc3c(C)nn(Cc4cccc(F)c4)c3C)no2)cc1. The maximum absolute atomic E-state index is 13.5. The van der Waals surface area contributed by atoms with Gasteiger partial charge in [0, 0.05) is 11.6 Å². The van der Waals surface area contributed by atoms with Crippen molar-refractivity contribution in [2.45, 2.75) is 27.3 Å². The van der Waals surface area contributed by atoms with Gasteiger partial charge in [-0.3, -0.25) is 9.48 Å². The molecule has 30 heavy (non-hydrogen) atoms. The summed E-state index contributed by atoms with van der Waals surface area (Å²) >= 11 is 0. The molecule has 6 nitrogen and oxygen atoms in total. The molecule has 2 aromatic carbocycles. The van der Waals surface area contributed by atoms with Crippen molar-refractivity contribution in [2.75, 3.05) is 5.32 Å². The summed E-state index contributed by atoms with van der Waals surface area (Å²) in [6.45, 7) is 6.07. The molecule has 2 aromatic heterocycles. The zero-order valence-corrected chi connectivity index (χ0v) is 16.9. The minimum absolute atomic E-state index is 0.183. The third-order valence-electron chi connectivity index (χ3n) is 4.92. The lowest BCUT2D eigenvalue weighted by Gasteiger charge is -2.06. The van der Waals surface area contributed by atoms with E-state index in [0.717, 1.165) is 22.4 Å². The highest BCUT2D eigenvalue weighted by molar-refractivity contribution is 6.03. The summed E-state index contributed by atoms with van der Waals surface area (Å²) in [4.78, 5) is 12.7. The molecule has 4 rings (SSSR count). The second-order valence-corrected chi connectivity index (χ2v) is 7.23. The quantitative estimate of drug-likeness (QED) is 0.513. The van der Waals surface area contributed by atoms with E-state index in [0.29, 0.717) is 23.7 Å². The van der Waals surface area contributed by atoms with Crippen molar-refractivity contribution in [3.63, 3.8) is 0 Å². The van der Waals surface area contributed by atoms with Crippen LogP contribution in [0.1, 0.15) is 33.0 Å². The number of carbonyl (C=O) groups excluding carboxylic acids is 1. The van der Waals surface area contributed by atoms with Gasteiger partial charge in [0.05, 0.1) is 23.6 Å². The maximum atomic E-state index is 13.5. The minimum atomic E-state index is -0.381. The number of nitrogens with one attached hydrogen (secondary N) is 1. The van der Waals surface area contributed by atoms with E-state index in [1.54, 1.807) is 16.8 Å². The zero-order valence-electron chi connectivity index (χ0n) is 16.9. The molecule has 0 radical (unpaired) electrons. The van der Waals surface area contributed by atoms with Gasteiger partial charge in [-0.1, -0.05) is 47.1 Å². The molecule has 0 spiro atoms. The van der Waals surface area contributed by atoms with E-state index in [1.807, 2.05) is 51.1 Å². The standard InChI is InChI=1S/C23H21FN4O2/c1-14-7-9-18(10-8-14)21-12-20(27-30-21)23(29)25-22-15(2)26-28(16(22)3)13-17-5-4-6-19(24)11-17/h4-12H,13H2,1-3H3,(H,25,29). The first kappa shape index (κ1) is 19.6. The molecule has 7 heteroatoms. The van der Waals surface area contributed by atoms with Crippen LogP contribution in [-0.2, 0) is 6.54 Å². The lowest BCUT2D eigenvalue weighted by Crippen LogP contribution is -2.13. The second-order valence-electron chi connectivity index (χ2n) is 7.23. The van der Waals surface area contributed by atoms with Crippen molar-refractivity contribution in [2.24, 2.45) is 0 Å². The number of amides is 1. The lowest BCUT2D eigenvalue weighted by atomic mass is 10.1. The Labute approximate surface area is 173 Å². The van der Waals surface area contributed by atoms with Crippen LogP contribution in [0.4, 0.5) is 10.1 Å². The summed E-state index contributed by atoms with van der Waals surface area (Å²) in [5, 5.41) is 11.2. The second kappa shape index (κ2) is 7.94. The van der Waals surface area contributed by atoms with E-state index in [-0.39, 0.29) is 17.4 Å². The van der Waals surface area contributed by atoms with E-state index in [9.17, 15) is 9.18 Å². The number of aromatic nitrogens is 3. The smallest absolute Gasteiger partial charge is 0.277 e. The van der Waals surface area contributed by atoms with Gasteiger partial charge in [-0.25, -0.2) is 4.39 Å². The summed E-state index contributed by atoms with van der Waals surface area (Å²) in [6, 6.07) is 15.8. The molecule has 1 N–H and O–H groups in total. The molecular weight excluding hydrogens is 383 g/mol. The summed E-state index contributed by atoms with van der Waals surface area (Å²) < 4.78 is 20.5. The minimum Gasteiger partial charge on any atom is -0.355 e. The van der Waals surface area contributed by atoms with Crippen LogP contribution in [0.5, 0.6) is 0 Å². The number of anilines is 1. The summed E-state index contributed by atoms with van der Waals surface area (Å²) in [5.41, 5.74) is 5.00. The lowest BCUT2D eigenvalue weighted by molar-refractivity contribution is 0.101. The van der Waals surface area contributed by atoms with Gasteiger partial charge in [-0.2, -0.15) is 5.10 Å². The topological polar surface area (TPSA) is 73.0 Å². The molecule has 0 aliphatic rings. The molecule has 1 amide bonds. The monoisotopic (exact) mass is 404 g/mol. The highest BCUT2D eigenvalue weighted by Crippen LogP contribution is 2.24. The number of rotatable bonds is 5. The number of hydrogen-bond acceptors (Lipinski definition) is 4. The van der Waals surface area contributed by atoms with Gasteiger partial charge in [0.2, 0.25) is 0 Å². The molecule has 4 aromatic rings. The Hall–Kier alpha value is -3.74. The molecule has 0 saturated heterocycles. The molecule has 0 fully saturated rings. The zero-order chi connectivity index (χ0) is 21.3. The van der Waals surface area contributed by atoms with Gasteiger partial charge in [0.25, 0.3) is 5.91 Å². The van der Waals surface area contributed by atoms with Crippen LogP contribution in [0.25, 0.3) is 11.3 Å². The van der Waals surface area contributed by atoms with Crippen LogP contribution >= 0.6 is 0 Å². The van der Waals surface area contributed by atoms with E-state index < -0.39 is 0 Å². The number of nitrogens with zero attached hydrogens (tertiary/aromatic N) is 3. The molecule has 0 aliphatic carbocycles. The van der Waals surface area contributed by atoms with Crippen molar-refractivity contribution < 1.29 is 13.7 Å². The third kappa shape index (κ3) is 4.00. The van der Waals surface area contributed by atoms with Gasteiger partial charge >= 0.3 is 0 Å². The van der Waals surface area contributed by atoms with Gasteiger partial charge in [0.1, 0.15) is 5.82 Å². The maximum Gasteiger partial charge on any atom is 0.277 e. The van der Waals surface area contributed by atoms with E-state index >= 15 is 0 Å². The Morgan fingerprint density at radius 1 is 1.10 bits per heavy atom. The Morgan fingerprint density at radius 2 is 1.87 bits per heavy atom. The first-order valence-corrected chi connectivity index (χ1v) is 9.54. The van der Waals surface area contributed by atoms with Crippen LogP contribution in [0.3, 0.4) is 0 Å². The van der Waals surface area contributed by atoms with Crippen molar-refractivity contribution in [3.05, 3.63) is 88.6 Å². The molecule has 0 atom stereocenters. The number of carbonyl (C=O) groups is 1. The van der Waals surface area contributed by atoms with E-state index in [1.165, 1.54) is 12.1 Å². The highest BCUT2D eigenvalue weighted by atomic mass is 19.1. The molecule has 152 valence electrons. The molecule has 2 heterocycles. The molecular formula is C23H21FN4O2. The molecule has 0 saturated carbocycles. The fourth-order valence-corrected chi connectivity index (χ4v) is 3.25. The first-order chi connectivity index (χ1) is 14.4. The van der Waals surface area contributed by atoms with Gasteiger partial charge in [-0.15, -0.1) is 0 Å². The van der Waals surface area contributed by atoms with E-state index in [4.69, 9.17) is 4.52 Å². The normalized spacial score (nSPS) is 10.9. The Morgan fingerprint density at radius 3 is 2.60 bits per heavy atom. The number of aryl methyl sites for hydroxylation is 2. The molecule has 0 unspecified atom stereocenters. The van der Waals surface area contributed by atoms with Crippen molar-refractivity contribution in [1.29, 1.82) is 0 Å². The Balaban J connectivity index is 1.52. The predicted molar refractivity (Wildman–Crippen MR) is 112 cm³/mol. The van der Waals surface area contributed by atoms with Gasteiger partial charge in [0.15, 0.2) is 11.5 Å². The molecule has 0 bridgehead atoms. The molecule has 0 aliphatic heterocycles. The van der Waals surface area contributed by atoms with Crippen LogP contribution in [-0.4, -0.2) is 20.8 Å². The van der Waals surface area contributed by atoms with Crippen LogP contribution < -0.4 is 5.32 Å². The predicted octanol–water partition coefficient (Wildman–Crippen LogP) is 4.90. The summed E-state index contributed by atoms with van der Waals surface area (Å²) in [6.07, 6.45) is 0. The number of hydrogen-bond donors (Lipinski definition) is 1. The largest absolute Gasteiger partial charge is 0.355 e. The van der Waals surface area contributed by atoms with Gasteiger partial charge in [-0.05, 0) is 38.5 Å². The van der Waals surface area contributed by atoms with E-state index in [2.05, 4.69) is 15.6 Å². The van der Waals surface area contributed by atoms with Crippen molar-refractivity contribution in [1.82, 2.24) is 14.9 Å². The average Bonchev–Trinajstić information content (AvgIpc) is 3.30. The Kier molecular flexibility index (Phi) is 5.18. The summed E-state index contributed by atoms with van der Waals surface area (Å²) in [5.74, 6) is -0.151. The van der Waals surface area contributed by atoms with Crippen LogP contribution in [0.15, 0.2) is 59.1 Å². The third-order valence-corrected chi connectivity index (χ3v) is 4.92. The first-order valence-electron chi connectivity index (χ1n) is 9.54. The number of halogens is 1. The fraction of sp³-hybridized carbons (Fsp3) is 0.174.